The first-order valence-electron chi connectivity index (χ1n) is 10.9. The number of hydrogen-bond acceptors (Lipinski definition) is 6. The Hall–Kier alpha value is -2.98. The number of ether oxygens (including phenoxy) is 1. The van der Waals surface area contributed by atoms with Gasteiger partial charge in [-0.05, 0) is 55.3 Å². The van der Waals surface area contributed by atoms with Gasteiger partial charge >= 0.3 is 0 Å². The van der Waals surface area contributed by atoms with Gasteiger partial charge in [-0.15, -0.1) is 4.09 Å². The molecule has 0 saturated carbocycles. The summed E-state index contributed by atoms with van der Waals surface area (Å²) in [6.07, 6.45) is 2.71. The average Bonchev–Trinajstić information content (AvgIpc) is 3.51. The lowest BCUT2D eigenvalue weighted by Crippen LogP contribution is -2.36. The molecule has 1 unspecified atom stereocenters. The molecule has 7 nitrogen and oxygen atoms in total. The van der Waals surface area contributed by atoms with Gasteiger partial charge in [-0.2, -0.15) is 13.5 Å². The molecule has 2 aliphatic rings. The van der Waals surface area contributed by atoms with Crippen LogP contribution in [0.2, 0.25) is 0 Å². The third kappa shape index (κ3) is 4.08. The maximum absolute atomic E-state index is 14.5. The first-order chi connectivity index (χ1) is 15.9. The highest BCUT2D eigenvalue weighted by atomic mass is 32.2. The van der Waals surface area contributed by atoms with E-state index in [1.807, 2.05) is 0 Å². The largest absolute Gasteiger partial charge is 0.378 e. The lowest BCUT2D eigenvalue weighted by Gasteiger charge is -2.29. The predicted molar refractivity (Wildman–Crippen MR) is 120 cm³/mol. The molecule has 1 aromatic heterocycles. The minimum absolute atomic E-state index is 0.108. The van der Waals surface area contributed by atoms with Crippen molar-refractivity contribution in [2.24, 2.45) is 0 Å². The van der Waals surface area contributed by atoms with Gasteiger partial charge in [0.2, 0.25) is 0 Å². The zero-order chi connectivity index (χ0) is 23.0. The van der Waals surface area contributed by atoms with Crippen molar-refractivity contribution in [1.29, 1.82) is 0 Å². The molecule has 174 valence electrons. The molecule has 2 aromatic carbocycles. The summed E-state index contributed by atoms with van der Waals surface area (Å²) in [6, 6.07) is 11.2. The highest BCUT2D eigenvalue weighted by molar-refractivity contribution is 7.90. The molecule has 0 N–H and O–H groups in total. The van der Waals surface area contributed by atoms with Gasteiger partial charge in [0.1, 0.15) is 17.5 Å². The molecule has 2 aliphatic heterocycles. The number of anilines is 2. The molecule has 3 aromatic rings. The molecule has 0 spiro atoms. The second kappa shape index (κ2) is 8.75. The maximum Gasteiger partial charge on any atom is 0.284 e. The van der Waals surface area contributed by atoms with Crippen LogP contribution in [0.3, 0.4) is 0 Å². The topological polar surface area (TPSA) is 67.7 Å². The molecule has 0 radical (unpaired) electrons. The van der Waals surface area contributed by atoms with Gasteiger partial charge in [0.15, 0.2) is 0 Å². The summed E-state index contributed by atoms with van der Waals surface area (Å²) in [5.74, 6) is -0.709. The van der Waals surface area contributed by atoms with E-state index in [0.717, 1.165) is 41.4 Å². The molecule has 0 aliphatic carbocycles. The Morgan fingerprint density at radius 2 is 1.73 bits per heavy atom. The molecule has 1 atom stereocenters. The van der Waals surface area contributed by atoms with Crippen LogP contribution >= 0.6 is 0 Å². The third-order valence-electron chi connectivity index (χ3n) is 6.19. The molecule has 10 heteroatoms. The molecule has 5 rings (SSSR count). The third-order valence-corrected chi connectivity index (χ3v) is 7.80. The summed E-state index contributed by atoms with van der Waals surface area (Å²) in [6.45, 7) is 3.29. The molecule has 2 fully saturated rings. The summed E-state index contributed by atoms with van der Waals surface area (Å²) < 4.78 is 61.5. The molecule has 0 amide bonds. The fraction of sp³-hybridized carbons (Fsp3) is 0.348. The zero-order valence-electron chi connectivity index (χ0n) is 17.9. The van der Waals surface area contributed by atoms with Gasteiger partial charge in [0, 0.05) is 37.0 Å². The molecule has 33 heavy (non-hydrogen) atoms. The van der Waals surface area contributed by atoms with E-state index in [1.54, 1.807) is 35.2 Å². The van der Waals surface area contributed by atoms with E-state index in [4.69, 9.17) is 4.74 Å². The molecular weight excluding hydrogens is 450 g/mol. The van der Waals surface area contributed by atoms with Crippen LogP contribution < -0.4 is 9.80 Å². The first-order valence-corrected chi connectivity index (χ1v) is 12.3. The van der Waals surface area contributed by atoms with Crippen molar-refractivity contribution in [3.63, 3.8) is 0 Å². The molecule has 3 heterocycles. The lowest BCUT2D eigenvalue weighted by atomic mass is 10.0. The zero-order valence-corrected chi connectivity index (χ0v) is 18.7. The lowest BCUT2D eigenvalue weighted by molar-refractivity contribution is 0.122. The normalized spacial score (nSPS) is 19.3. The number of halogens is 2. The maximum atomic E-state index is 14.5. The monoisotopic (exact) mass is 474 g/mol. The van der Waals surface area contributed by atoms with Gasteiger partial charge in [0.05, 0.1) is 30.3 Å². The minimum atomic E-state index is -3.98. The van der Waals surface area contributed by atoms with Crippen LogP contribution in [0.4, 0.5) is 20.3 Å². The highest BCUT2D eigenvalue weighted by Gasteiger charge is 2.33. The minimum Gasteiger partial charge on any atom is -0.378 e. The Kier molecular flexibility index (Phi) is 5.79. The summed E-state index contributed by atoms with van der Waals surface area (Å²) in [5.41, 5.74) is 1.15. The molecular formula is C23H24F2N4O3S. The summed E-state index contributed by atoms with van der Waals surface area (Å²) in [7, 11) is -3.98. The van der Waals surface area contributed by atoms with Crippen molar-refractivity contribution in [1.82, 2.24) is 9.19 Å². The van der Waals surface area contributed by atoms with Gasteiger partial charge in [-0.3, -0.25) is 0 Å². The van der Waals surface area contributed by atoms with Crippen LogP contribution in [0, 0.1) is 11.6 Å². The number of aromatic nitrogens is 2. The van der Waals surface area contributed by atoms with Gasteiger partial charge in [-0.25, -0.2) is 8.78 Å². The summed E-state index contributed by atoms with van der Waals surface area (Å²) in [4.78, 5) is 4.03. The summed E-state index contributed by atoms with van der Waals surface area (Å²) in [5, 5.41) is 4.08. The average molecular weight is 475 g/mol. The first kappa shape index (κ1) is 21.8. The Balaban J connectivity index is 1.45. The standard InChI is InChI=1S/C23H24F2N4O3S/c24-17-3-8-21(25)20(16-17)22-2-1-11-28(22)23-9-10-26-29(23)33(30,31)19-6-4-18(5-7-19)27-12-14-32-15-13-27/h3-10,16,22H,1-2,11-15H2. The van der Waals surface area contributed by atoms with Crippen molar-refractivity contribution in [2.45, 2.75) is 23.8 Å². The van der Waals surface area contributed by atoms with E-state index in [-0.39, 0.29) is 10.5 Å². The van der Waals surface area contributed by atoms with Crippen molar-refractivity contribution in [3.05, 3.63) is 71.9 Å². The Morgan fingerprint density at radius 1 is 0.970 bits per heavy atom. The predicted octanol–water partition coefficient (Wildman–Crippen LogP) is 3.58. The van der Waals surface area contributed by atoms with Crippen LogP contribution in [-0.4, -0.2) is 50.5 Å². The number of nitrogens with zero attached hydrogens (tertiary/aromatic N) is 4. The van der Waals surface area contributed by atoms with Crippen LogP contribution in [0.1, 0.15) is 24.4 Å². The Bertz CT molecular complexity index is 1240. The molecule has 2 saturated heterocycles. The van der Waals surface area contributed by atoms with E-state index < -0.39 is 27.7 Å². The second-order valence-corrected chi connectivity index (χ2v) is 9.92. The fourth-order valence-electron chi connectivity index (χ4n) is 4.56. The van der Waals surface area contributed by atoms with E-state index in [1.165, 1.54) is 12.3 Å². The second-order valence-electron chi connectivity index (χ2n) is 8.15. The van der Waals surface area contributed by atoms with Crippen LogP contribution in [0.5, 0.6) is 0 Å². The van der Waals surface area contributed by atoms with E-state index in [0.29, 0.717) is 32.0 Å². The quantitative estimate of drug-likeness (QED) is 0.563. The van der Waals surface area contributed by atoms with Gasteiger partial charge in [0.25, 0.3) is 10.0 Å². The highest BCUT2D eigenvalue weighted by Crippen LogP contribution is 2.38. The number of benzene rings is 2. The van der Waals surface area contributed by atoms with E-state index >= 15 is 0 Å². The van der Waals surface area contributed by atoms with Crippen molar-refractivity contribution >= 4 is 21.5 Å². The van der Waals surface area contributed by atoms with Gasteiger partial charge < -0.3 is 14.5 Å². The van der Waals surface area contributed by atoms with E-state index in [2.05, 4.69) is 10.00 Å². The number of hydrogen-bond donors (Lipinski definition) is 0. The fourth-order valence-corrected chi connectivity index (χ4v) is 5.83. The smallest absolute Gasteiger partial charge is 0.284 e. The van der Waals surface area contributed by atoms with Crippen molar-refractivity contribution in [3.8, 4) is 0 Å². The van der Waals surface area contributed by atoms with Crippen LogP contribution in [-0.2, 0) is 14.8 Å². The Morgan fingerprint density at radius 3 is 2.48 bits per heavy atom. The van der Waals surface area contributed by atoms with Crippen molar-refractivity contribution in [2.75, 3.05) is 42.6 Å². The SMILES string of the molecule is O=S(=O)(c1ccc(N2CCOCC2)cc1)n1nccc1N1CCCC1c1cc(F)ccc1F. The molecule has 0 bridgehead atoms. The summed E-state index contributed by atoms with van der Waals surface area (Å²) >= 11 is 0. The van der Waals surface area contributed by atoms with Crippen LogP contribution in [0.25, 0.3) is 0 Å². The number of morpholine rings is 1. The van der Waals surface area contributed by atoms with Crippen LogP contribution in [0.15, 0.2) is 59.6 Å². The Labute approximate surface area is 191 Å². The van der Waals surface area contributed by atoms with Gasteiger partial charge in [-0.1, -0.05) is 0 Å². The van der Waals surface area contributed by atoms with Crippen molar-refractivity contribution < 1.29 is 21.9 Å². The number of rotatable bonds is 5. The van der Waals surface area contributed by atoms with E-state index in [9.17, 15) is 17.2 Å².